The molecule has 32 valence electrons. The van der Waals surface area contributed by atoms with Gasteiger partial charge in [0.1, 0.15) is 0 Å². The zero-order chi connectivity index (χ0) is 4.50. The van der Waals surface area contributed by atoms with E-state index >= 15 is 0 Å². The number of hydrogen-bond donors (Lipinski definition) is 4. The Morgan fingerprint density at radius 3 is 0.833 bits per heavy atom. The second-order valence-corrected chi connectivity index (χ2v) is 4.41. The van der Waals surface area contributed by atoms with Crippen molar-refractivity contribution < 1.29 is 31.9 Å². The van der Waals surface area contributed by atoms with E-state index in [2.05, 4.69) is 0 Å². The molecule has 0 radical (unpaired) electrons. The van der Waals surface area contributed by atoms with Crippen LogP contribution in [0.5, 0.6) is 0 Å². The molecule has 0 amide bonds. The van der Waals surface area contributed by atoms with E-state index < -0.39 is 16.2 Å². The van der Waals surface area contributed by atoms with E-state index in [4.69, 9.17) is 15.7 Å². The molecule has 0 saturated carbocycles. The average Bonchev–Trinajstić information content (AvgIpc) is 0.722. The molecule has 0 aliphatic carbocycles. The standard InChI is InChI=1S/Ca.4H2O.Zn/h;4*1H2;/q+2;;;;;+2/p-4. The van der Waals surface area contributed by atoms with Gasteiger partial charge in [-0.15, -0.1) is 0 Å². The van der Waals surface area contributed by atoms with Gasteiger partial charge in [-0.3, -0.25) is 0 Å². The van der Waals surface area contributed by atoms with Gasteiger partial charge >= 0.3 is 69.7 Å². The van der Waals surface area contributed by atoms with Crippen molar-refractivity contribution in [1.82, 2.24) is 0 Å². The Balaban J connectivity index is 0. The summed E-state index contributed by atoms with van der Waals surface area (Å²) in [6.45, 7) is 0. The van der Waals surface area contributed by atoms with Gasteiger partial charge in [0.15, 0.2) is 0 Å². The van der Waals surface area contributed by atoms with E-state index in [0.717, 1.165) is 0 Å². The fourth-order valence-corrected chi connectivity index (χ4v) is 0. The Kier molecular flexibility index (Phi) is 6.56. The second kappa shape index (κ2) is 3.69. The van der Waals surface area contributed by atoms with Crippen molar-refractivity contribution in [3.05, 3.63) is 0 Å². The summed E-state index contributed by atoms with van der Waals surface area (Å²) in [4.78, 5) is 0. The Hall–Kier alpha value is 1.72. The van der Waals surface area contributed by atoms with E-state index in [0.29, 0.717) is 0 Å². The van der Waals surface area contributed by atoms with Crippen molar-refractivity contribution >= 4 is 37.7 Å². The first-order valence-corrected chi connectivity index (χ1v) is 6.57. The minimum atomic E-state index is -5.25. The normalized spacial score (nSPS) is 10.0. The molecule has 0 aromatic carbocycles. The molecule has 4 nitrogen and oxygen atoms in total. The first kappa shape index (κ1) is 10.7. The van der Waals surface area contributed by atoms with E-state index in [-0.39, 0.29) is 37.7 Å². The topological polar surface area (TPSA) is 80.9 Å². The third-order valence-corrected chi connectivity index (χ3v) is 0. The van der Waals surface area contributed by atoms with Crippen LogP contribution in [0.2, 0.25) is 0 Å². The molecule has 6 heteroatoms. The summed E-state index contributed by atoms with van der Waals surface area (Å²) in [5.74, 6) is 0. The Bertz CT molecular complexity index is 23.0. The quantitative estimate of drug-likeness (QED) is 0.303. The molecule has 6 heavy (non-hydrogen) atoms. The van der Waals surface area contributed by atoms with Crippen molar-refractivity contribution in [2.75, 3.05) is 0 Å². The van der Waals surface area contributed by atoms with Crippen LogP contribution in [0.3, 0.4) is 0 Å². The van der Waals surface area contributed by atoms with Crippen molar-refractivity contribution in [2.24, 2.45) is 0 Å². The summed E-state index contributed by atoms with van der Waals surface area (Å²) in [6, 6.07) is 0. The van der Waals surface area contributed by atoms with Crippen LogP contribution in [0.4, 0.5) is 0 Å². The van der Waals surface area contributed by atoms with Gasteiger partial charge in [-0.2, -0.15) is 0 Å². The van der Waals surface area contributed by atoms with E-state index in [1.807, 2.05) is 0 Å². The molecular weight excluding hydrogens is 169 g/mol. The molecular formula is H4CaO4Zn. The first-order chi connectivity index (χ1) is 2.00. The van der Waals surface area contributed by atoms with Crippen molar-refractivity contribution in [1.29, 1.82) is 0 Å². The minimum absolute atomic E-state index is 0. The van der Waals surface area contributed by atoms with Gasteiger partial charge in [-0.1, -0.05) is 0 Å². The SMILES string of the molecule is [Ca+2].[OH][Zn-2]([OH])([OH])[OH]. The van der Waals surface area contributed by atoms with Gasteiger partial charge in [0.2, 0.25) is 0 Å². The number of rotatable bonds is 0. The molecule has 0 bridgehead atoms. The molecule has 0 fully saturated rings. The molecule has 0 aliphatic rings. The van der Waals surface area contributed by atoms with Crippen LogP contribution in [0, 0.1) is 0 Å². The Morgan fingerprint density at radius 1 is 0.833 bits per heavy atom. The molecule has 0 saturated heterocycles. The van der Waals surface area contributed by atoms with E-state index in [9.17, 15) is 0 Å². The van der Waals surface area contributed by atoms with Crippen LogP contribution in [-0.2, 0) is 16.2 Å². The van der Waals surface area contributed by atoms with Gasteiger partial charge in [0, 0.05) is 0 Å². The summed E-state index contributed by atoms with van der Waals surface area (Å²) in [6.07, 6.45) is 0. The summed E-state index contributed by atoms with van der Waals surface area (Å²) < 4.78 is 29.6. The molecule has 0 heterocycles. The summed E-state index contributed by atoms with van der Waals surface area (Å²) >= 11 is -5.25. The Morgan fingerprint density at radius 2 is 0.833 bits per heavy atom. The van der Waals surface area contributed by atoms with Gasteiger partial charge in [-0.05, 0) is 0 Å². The Labute approximate surface area is 68.9 Å². The van der Waals surface area contributed by atoms with Crippen molar-refractivity contribution in [3.8, 4) is 0 Å². The zero-order valence-electron chi connectivity index (χ0n) is 3.20. The van der Waals surface area contributed by atoms with Crippen LogP contribution in [-0.4, -0.2) is 53.5 Å². The van der Waals surface area contributed by atoms with Crippen LogP contribution < -0.4 is 0 Å². The molecule has 0 unspecified atom stereocenters. The molecule has 0 aliphatic heterocycles. The molecule has 0 rings (SSSR count). The average molecular weight is 173 g/mol. The fraction of sp³-hybridized carbons (Fsp3) is 0. The number of hydrogen-bond acceptors (Lipinski definition) is 4. The van der Waals surface area contributed by atoms with Crippen LogP contribution in [0.15, 0.2) is 0 Å². The monoisotopic (exact) mass is 172 g/mol. The molecule has 0 aromatic heterocycles. The van der Waals surface area contributed by atoms with Crippen LogP contribution in [0.25, 0.3) is 0 Å². The van der Waals surface area contributed by atoms with E-state index in [1.54, 1.807) is 0 Å². The molecule has 4 N–H and O–H groups in total. The predicted molar refractivity (Wildman–Crippen MR) is 14.6 cm³/mol. The van der Waals surface area contributed by atoms with Crippen molar-refractivity contribution in [2.45, 2.75) is 0 Å². The zero-order valence-corrected chi connectivity index (χ0v) is 8.38. The summed E-state index contributed by atoms with van der Waals surface area (Å²) in [5.41, 5.74) is 0. The second-order valence-electron chi connectivity index (χ2n) is 0.849. The molecule has 0 spiro atoms. The fourth-order valence-electron chi connectivity index (χ4n) is 0. The maximum absolute atomic E-state index is 7.41. The third-order valence-electron chi connectivity index (χ3n) is 0. The predicted octanol–water partition coefficient (Wildman–Crippen LogP) is -2.61. The molecule has 0 atom stereocenters. The van der Waals surface area contributed by atoms with Gasteiger partial charge in [0.05, 0.1) is 0 Å². The third kappa shape index (κ3) is 43.0. The molecule has 0 aromatic rings. The van der Waals surface area contributed by atoms with Gasteiger partial charge in [0.25, 0.3) is 0 Å². The maximum atomic E-state index is 7.41. The summed E-state index contributed by atoms with van der Waals surface area (Å²) in [7, 11) is 0. The summed E-state index contributed by atoms with van der Waals surface area (Å²) in [5, 5.41) is 0. The van der Waals surface area contributed by atoms with Gasteiger partial charge in [-0.25, -0.2) is 0 Å². The van der Waals surface area contributed by atoms with E-state index in [1.165, 1.54) is 0 Å². The van der Waals surface area contributed by atoms with Crippen molar-refractivity contribution in [3.63, 3.8) is 0 Å². The van der Waals surface area contributed by atoms with Gasteiger partial charge < -0.3 is 0 Å². The van der Waals surface area contributed by atoms with Crippen LogP contribution in [0.1, 0.15) is 0 Å². The first-order valence-electron chi connectivity index (χ1n) is 1.26. The van der Waals surface area contributed by atoms with Crippen LogP contribution >= 0.6 is 0 Å².